The maximum absolute atomic E-state index is 12.4. The number of carbonyl (C=O) groups excluding carboxylic acids is 1. The predicted molar refractivity (Wildman–Crippen MR) is 106 cm³/mol. The summed E-state index contributed by atoms with van der Waals surface area (Å²) >= 11 is 7.42. The number of carbonyl (C=O) groups is 1. The van der Waals surface area contributed by atoms with Crippen LogP contribution in [0.4, 0.5) is 0 Å². The van der Waals surface area contributed by atoms with E-state index in [0.29, 0.717) is 21.5 Å². The van der Waals surface area contributed by atoms with Crippen LogP contribution in [0.5, 0.6) is 11.5 Å². The van der Waals surface area contributed by atoms with E-state index in [4.69, 9.17) is 21.1 Å². The Bertz CT molecular complexity index is 957. The molecule has 0 radical (unpaired) electrons. The summed E-state index contributed by atoms with van der Waals surface area (Å²) in [6.07, 6.45) is 0. The van der Waals surface area contributed by atoms with Crippen LogP contribution >= 0.6 is 23.4 Å². The van der Waals surface area contributed by atoms with Crippen molar-refractivity contribution in [2.45, 2.75) is 5.16 Å². The van der Waals surface area contributed by atoms with E-state index < -0.39 is 0 Å². The molecule has 0 fully saturated rings. The number of Topliss-reactive ketones (excluding diaryl/α,β-unsaturated/α-hetero) is 1. The molecule has 0 spiro atoms. The first-order chi connectivity index (χ1) is 13.0. The third kappa shape index (κ3) is 4.26. The minimum atomic E-state index is -0.0430. The zero-order valence-corrected chi connectivity index (χ0v) is 16.7. The number of hydrogen-bond donors (Lipinski definition) is 0. The molecule has 0 atom stereocenters. The maximum atomic E-state index is 12.4. The molecule has 1 aromatic heterocycles. The second-order valence-corrected chi connectivity index (χ2v) is 7.00. The number of methoxy groups -OCH3 is 2. The quantitative estimate of drug-likeness (QED) is 0.436. The van der Waals surface area contributed by atoms with Crippen LogP contribution in [-0.4, -0.2) is 40.5 Å². The van der Waals surface area contributed by atoms with Crippen LogP contribution in [0.3, 0.4) is 0 Å². The molecule has 0 saturated heterocycles. The van der Waals surface area contributed by atoms with Crippen molar-refractivity contribution in [3.63, 3.8) is 0 Å². The zero-order chi connectivity index (χ0) is 19.4. The third-order valence-corrected chi connectivity index (χ3v) is 5.30. The SMILES string of the molecule is COc1ccc(-c2nnc(SCC(=O)c3ccc(OC)c(Cl)c3)n2C)cc1. The van der Waals surface area contributed by atoms with Crippen LogP contribution < -0.4 is 9.47 Å². The minimum Gasteiger partial charge on any atom is -0.497 e. The van der Waals surface area contributed by atoms with Crippen molar-refractivity contribution in [3.8, 4) is 22.9 Å². The zero-order valence-electron chi connectivity index (χ0n) is 15.1. The first-order valence-electron chi connectivity index (χ1n) is 8.07. The Morgan fingerprint density at radius 3 is 2.48 bits per heavy atom. The number of hydrogen-bond acceptors (Lipinski definition) is 6. The molecule has 3 aromatic rings. The van der Waals surface area contributed by atoms with Crippen molar-refractivity contribution in [2.75, 3.05) is 20.0 Å². The molecule has 2 aromatic carbocycles. The molecule has 0 amide bonds. The van der Waals surface area contributed by atoms with Gasteiger partial charge in [0.1, 0.15) is 11.5 Å². The van der Waals surface area contributed by atoms with E-state index in [1.54, 1.807) is 25.3 Å². The molecule has 6 nitrogen and oxygen atoms in total. The predicted octanol–water partition coefficient (Wildman–Crippen LogP) is 4.13. The average molecular weight is 404 g/mol. The van der Waals surface area contributed by atoms with Gasteiger partial charge >= 0.3 is 0 Å². The second kappa shape index (κ2) is 8.45. The third-order valence-electron chi connectivity index (χ3n) is 3.99. The fraction of sp³-hybridized carbons (Fsp3) is 0.211. The van der Waals surface area contributed by atoms with Crippen LogP contribution in [0.25, 0.3) is 11.4 Å². The molecule has 0 unspecified atom stereocenters. The van der Waals surface area contributed by atoms with Crippen molar-refractivity contribution in [3.05, 3.63) is 53.1 Å². The number of ether oxygens (including phenoxy) is 2. The van der Waals surface area contributed by atoms with Crippen LogP contribution in [0.2, 0.25) is 5.02 Å². The highest BCUT2D eigenvalue weighted by Crippen LogP contribution is 2.27. The van der Waals surface area contributed by atoms with Crippen molar-refractivity contribution < 1.29 is 14.3 Å². The normalized spacial score (nSPS) is 10.7. The number of nitrogens with zero attached hydrogens (tertiary/aromatic N) is 3. The highest BCUT2D eigenvalue weighted by Gasteiger charge is 2.15. The molecular formula is C19H18ClN3O3S. The van der Waals surface area contributed by atoms with Gasteiger partial charge in [0, 0.05) is 18.2 Å². The molecule has 8 heteroatoms. The summed E-state index contributed by atoms with van der Waals surface area (Å²) in [5.74, 6) is 2.23. The molecule has 0 aliphatic rings. The van der Waals surface area contributed by atoms with Gasteiger partial charge in [0.05, 0.1) is 25.0 Å². The molecule has 0 saturated carbocycles. The number of ketones is 1. The monoisotopic (exact) mass is 403 g/mol. The summed E-state index contributed by atoms with van der Waals surface area (Å²) < 4.78 is 12.1. The molecule has 0 aliphatic carbocycles. The molecule has 27 heavy (non-hydrogen) atoms. The van der Waals surface area contributed by atoms with E-state index >= 15 is 0 Å². The van der Waals surface area contributed by atoms with Crippen LogP contribution in [0.1, 0.15) is 10.4 Å². The molecule has 140 valence electrons. The fourth-order valence-corrected chi connectivity index (χ4v) is 3.55. The average Bonchev–Trinajstić information content (AvgIpc) is 3.06. The highest BCUT2D eigenvalue weighted by atomic mass is 35.5. The van der Waals surface area contributed by atoms with E-state index in [0.717, 1.165) is 17.1 Å². The number of thioether (sulfide) groups is 1. The first kappa shape index (κ1) is 19.3. The fourth-order valence-electron chi connectivity index (χ4n) is 2.49. The van der Waals surface area contributed by atoms with E-state index in [1.807, 2.05) is 35.9 Å². The van der Waals surface area contributed by atoms with E-state index in [9.17, 15) is 4.79 Å². The van der Waals surface area contributed by atoms with Crippen molar-refractivity contribution in [2.24, 2.45) is 7.05 Å². The summed E-state index contributed by atoms with van der Waals surface area (Å²) in [4.78, 5) is 12.4. The highest BCUT2D eigenvalue weighted by molar-refractivity contribution is 7.99. The summed E-state index contributed by atoms with van der Waals surface area (Å²) in [6, 6.07) is 12.6. The lowest BCUT2D eigenvalue weighted by Gasteiger charge is -2.06. The van der Waals surface area contributed by atoms with Gasteiger partial charge in [-0.1, -0.05) is 23.4 Å². The van der Waals surface area contributed by atoms with Crippen molar-refractivity contribution in [1.29, 1.82) is 0 Å². The number of benzene rings is 2. The molecule has 0 aliphatic heterocycles. The Kier molecular flexibility index (Phi) is 6.03. The standard InChI is InChI=1S/C19H18ClN3O3S/c1-23-18(12-4-7-14(25-2)8-5-12)21-22-19(23)27-11-16(24)13-6-9-17(26-3)15(20)10-13/h4-10H,11H2,1-3H3. The van der Waals surface area contributed by atoms with Crippen molar-refractivity contribution in [1.82, 2.24) is 14.8 Å². The van der Waals surface area contributed by atoms with Gasteiger partial charge in [-0.15, -0.1) is 10.2 Å². The van der Waals surface area contributed by atoms with Gasteiger partial charge in [-0.25, -0.2) is 0 Å². The topological polar surface area (TPSA) is 66.2 Å². The van der Waals surface area contributed by atoms with E-state index in [-0.39, 0.29) is 11.5 Å². The maximum Gasteiger partial charge on any atom is 0.191 e. The summed E-state index contributed by atoms with van der Waals surface area (Å²) in [5.41, 5.74) is 1.46. The molecule has 1 heterocycles. The van der Waals surface area contributed by atoms with Gasteiger partial charge < -0.3 is 14.0 Å². The first-order valence-corrected chi connectivity index (χ1v) is 9.43. The van der Waals surface area contributed by atoms with Gasteiger partial charge in [-0.05, 0) is 42.5 Å². The summed E-state index contributed by atoms with van der Waals surface area (Å²) in [7, 11) is 5.03. The molecule has 0 bridgehead atoms. The largest absolute Gasteiger partial charge is 0.497 e. The van der Waals surface area contributed by atoms with Gasteiger partial charge in [-0.2, -0.15) is 0 Å². The second-order valence-electron chi connectivity index (χ2n) is 5.65. The number of halogens is 1. The Balaban J connectivity index is 1.70. The Labute approximate surface area is 166 Å². The Hall–Kier alpha value is -2.51. The molecule has 0 N–H and O–H groups in total. The smallest absolute Gasteiger partial charge is 0.191 e. The summed E-state index contributed by atoms with van der Waals surface area (Å²) in [6.45, 7) is 0. The Morgan fingerprint density at radius 1 is 1.11 bits per heavy atom. The van der Waals surface area contributed by atoms with Gasteiger partial charge in [0.25, 0.3) is 0 Å². The molecular weight excluding hydrogens is 386 g/mol. The lowest BCUT2D eigenvalue weighted by Crippen LogP contribution is -2.04. The van der Waals surface area contributed by atoms with Gasteiger partial charge in [-0.3, -0.25) is 4.79 Å². The Morgan fingerprint density at radius 2 is 1.85 bits per heavy atom. The van der Waals surface area contributed by atoms with Gasteiger partial charge in [0.2, 0.25) is 0 Å². The lowest BCUT2D eigenvalue weighted by atomic mass is 10.1. The van der Waals surface area contributed by atoms with Crippen LogP contribution in [-0.2, 0) is 7.05 Å². The van der Waals surface area contributed by atoms with Crippen LogP contribution in [0, 0.1) is 0 Å². The van der Waals surface area contributed by atoms with Crippen molar-refractivity contribution >= 4 is 29.1 Å². The molecule has 3 rings (SSSR count). The summed E-state index contributed by atoms with van der Waals surface area (Å²) in [5, 5.41) is 9.49. The van der Waals surface area contributed by atoms with E-state index in [2.05, 4.69) is 10.2 Å². The number of rotatable bonds is 7. The van der Waals surface area contributed by atoms with Gasteiger partial charge in [0.15, 0.2) is 16.8 Å². The number of aromatic nitrogens is 3. The van der Waals surface area contributed by atoms with Crippen LogP contribution in [0.15, 0.2) is 47.6 Å². The lowest BCUT2D eigenvalue weighted by molar-refractivity contribution is 0.102. The van der Waals surface area contributed by atoms with E-state index in [1.165, 1.54) is 18.9 Å². The minimum absolute atomic E-state index is 0.0430.